The van der Waals surface area contributed by atoms with Gasteiger partial charge in [0.25, 0.3) is 0 Å². The van der Waals surface area contributed by atoms with Crippen molar-refractivity contribution in [3.63, 3.8) is 0 Å². The molecular weight excluding hydrogens is 308 g/mol. The van der Waals surface area contributed by atoms with Gasteiger partial charge in [0.1, 0.15) is 0 Å². The number of nitrogens with one attached hydrogen (secondary N) is 1. The molecule has 1 amide bonds. The van der Waals surface area contributed by atoms with Crippen LogP contribution in [0, 0.1) is 0 Å². The van der Waals surface area contributed by atoms with E-state index in [1.165, 1.54) is 10.3 Å². The summed E-state index contributed by atoms with van der Waals surface area (Å²) in [4.78, 5) is 20.5. The predicted molar refractivity (Wildman–Crippen MR) is 96.3 cm³/mol. The Hall–Kier alpha value is -1.66. The van der Waals surface area contributed by atoms with Crippen LogP contribution < -0.4 is 10.2 Å². The molecule has 6 heteroatoms. The first kappa shape index (κ1) is 16.2. The number of hydrogen-bond acceptors (Lipinski definition) is 5. The number of hydrogen-bond donors (Lipinski definition) is 1. The first-order chi connectivity index (χ1) is 11.2. The van der Waals surface area contributed by atoms with Gasteiger partial charge in [0.2, 0.25) is 5.91 Å². The van der Waals surface area contributed by atoms with Crippen molar-refractivity contribution in [3.05, 3.63) is 23.8 Å². The summed E-state index contributed by atoms with van der Waals surface area (Å²) < 4.78 is 1.28. The summed E-state index contributed by atoms with van der Waals surface area (Å²) in [6, 6.07) is 6.57. The van der Waals surface area contributed by atoms with Crippen LogP contribution in [0.2, 0.25) is 0 Å². The van der Waals surface area contributed by atoms with Gasteiger partial charge in [-0.3, -0.25) is 9.69 Å². The number of aromatic nitrogens is 1. The Morgan fingerprint density at radius 2 is 2.09 bits per heavy atom. The molecule has 0 saturated carbocycles. The Balaban J connectivity index is 1.58. The van der Waals surface area contributed by atoms with Crippen molar-refractivity contribution in [1.82, 2.24) is 15.2 Å². The summed E-state index contributed by atoms with van der Waals surface area (Å²) >= 11 is 1.80. The van der Waals surface area contributed by atoms with Crippen LogP contribution >= 0.6 is 11.3 Å². The van der Waals surface area contributed by atoms with Gasteiger partial charge in [-0.2, -0.15) is 0 Å². The van der Waals surface area contributed by atoms with E-state index in [2.05, 4.69) is 40.2 Å². The third kappa shape index (κ3) is 4.00. The van der Waals surface area contributed by atoms with Gasteiger partial charge in [-0.05, 0) is 24.1 Å². The number of thiazole rings is 1. The lowest BCUT2D eigenvalue weighted by atomic mass is 10.2. The van der Waals surface area contributed by atoms with Crippen LogP contribution in [0.15, 0.2) is 18.2 Å². The topological polar surface area (TPSA) is 48.5 Å². The van der Waals surface area contributed by atoms with E-state index >= 15 is 0 Å². The molecule has 0 radical (unpaired) electrons. The summed E-state index contributed by atoms with van der Waals surface area (Å²) in [7, 11) is 0. The lowest BCUT2D eigenvalue weighted by molar-refractivity contribution is -0.119. The number of rotatable bonds is 5. The fourth-order valence-electron chi connectivity index (χ4n) is 2.86. The van der Waals surface area contributed by atoms with Gasteiger partial charge < -0.3 is 10.2 Å². The van der Waals surface area contributed by atoms with Crippen molar-refractivity contribution in [3.8, 4) is 0 Å². The maximum Gasteiger partial charge on any atom is 0.216 e. The van der Waals surface area contributed by atoms with Gasteiger partial charge in [0.15, 0.2) is 5.13 Å². The summed E-state index contributed by atoms with van der Waals surface area (Å²) in [6.45, 7) is 9.45. The SMILES string of the molecule is CCc1ccc2nc(N3CCN(CCNC(C)=O)CC3)sc2c1. The van der Waals surface area contributed by atoms with Crippen molar-refractivity contribution < 1.29 is 4.79 Å². The van der Waals surface area contributed by atoms with Crippen LogP contribution in [0.3, 0.4) is 0 Å². The van der Waals surface area contributed by atoms with E-state index in [0.717, 1.165) is 56.3 Å². The maximum absolute atomic E-state index is 10.9. The van der Waals surface area contributed by atoms with E-state index in [-0.39, 0.29) is 5.91 Å². The van der Waals surface area contributed by atoms with Gasteiger partial charge in [-0.1, -0.05) is 24.3 Å². The van der Waals surface area contributed by atoms with E-state index < -0.39 is 0 Å². The number of nitrogens with zero attached hydrogens (tertiary/aromatic N) is 3. The molecule has 1 fully saturated rings. The molecule has 3 rings (SSSR count). The Labute approximate surface area is 141 Å². The highest BCUT2D eigenvalue weighted by atomic mass is 32.1. The zero-order valence-electron chi connectivity index (χ0n) is 13.8. The highest BCUT2D eigenvalue weighted by Gasteiger charge is 2.19. The molecule has 2 aromatic rings. The van der Waals surface area contributed by atoms with Gasteiger partial charge in [-0.15, -0.1) is 0 Å². The molecular formula is C17H24N4OS. The van der Waals surface area contributed by atoms with Crippen LogP contribution in [0.4, 0.5) is 5.13 Å². The van der Waals surface area contributed by atoms with E-state index in [1.54, 1.807) is 18.3 Å². The predicted octanol–water partition coefficient (Wildman–Crippen LogP) is 2.12. The highest BCUT2D eigenvalue weighted by Crippen LogP contribution is 2.30. The van der Waals surface area contributed by atoms with Crippen molar-refractivity contribution in [2.75, 3.05) is 44.2 Å². The summed E-state index contributed by atoms with van der Waals surface area (Å²) in [5, 5.41) is 3.99. The Bertz CT molecular complexity index is 676. The van der Waals surface area contributed by atoms with Gasteiger partial charge >= 0.3 is 0 Å². The van der Waals surface area contributed by atoms with Crippen molar-refractivity contribution >= 4 is 32.6 Å². The Morgan fingerprint density at radius 1 is 1.30 bits per heavy atom. The second-order valence-corrected chi connectivity index (χ2v) is 6.97. The quantitative estimate of drug-likeness (QED) is 0.911. The van der Waals surface area contributed by atoms with Crippen LogP contribution in [0.25, 0.3) is 10.2 Å². The molecule has 0 atom stereocenters. The monoisotopic (exact) mass is 332 g/mol. The van der Waals surface area contributed by atoms with E-state index in [9.17, 15) is 4.79 Å². The number of piperazine rings is 1. The minimum Gasteiger partial charge on any atom is -0.355 e. The standard InChI is InChI=1S/C17H24N4OS/c1-3-14-4-5-15-16(12-14)23-17(19-15)21-10-8-20(9-11-21)7-6-18-13(2)22/h4-5,12H,3,6-11H2,1-2H3,(H,18,22). The lowest BCUT2D eigenvalue weighted by Crippen LogP contribution is -2.48. The molecule has 1 N–H and O–H groups in total. The van der Waals surface area contributed by atoms with E-state index in [1.807, 2.05) is 0 Å². The molecule has 1 aromatic heterocycles. The van der Waals surface area contributed by atoms with Crippen molar-refractivity contribution in [1.29, 1.82) is 0 Å². The molecule has 0 spiro atoms. The lowest BCUT2D eigenvalue weighted by Gasteiger charge is -2.34. The van der Waals surface area contributed by atoms with E-state index in [0.29, 0.717) is 0 Å². The third-order valence-corrected chi connectivity index (χ3v) is 5.37. The summed E-state index contributed by atoms with van der Waals surface area (Å²) in [5.41, 5.74) is 2.48. The van der Waals surface area contributed by atoms with Crippen molar-refractivity contribution in [2.45, 2.75) is 20.3 Å². The van der Waals surface area contributed by atoms with Crippen LogP contribution in [0.1, 0.15) is 19.4 Å². The Morgan fingerprint density at radius 3 is 2.78 bits per heavy atom. The number of anilines is 1. The highest BCUT2D eigenvalue weighted by molar-refractivity contribution is 7.22. The zero-order valence-corrected chi connectivity index (χ0v) is 14.7. The Kier molecular flexibility index (Phi) is 5.13. The van der Waals surface area contributed by atoms with Gasteiger partial charge in [0, 0.05) is 46.2 Å². The number of benzene rings is 1. The molecule has 1 saturated heterocycles. The normalized spacial score (nSPS) is 16.0. The first-order valence-corrected chi connectivity index (χ1v) is 9.08. The van der Waals surface area contributed by atoms with Crippen molar-refractivity contribution in [2.24, 2.45) is 0 Å². The molecule has 124 valence electrons. The fraction of sp³-hybridized carbons (Fsp3) is 0.529. The minimum atomic E-state index is 0.0459. The second-order valence-electron chi connectivity index (χ2n) is 5.96. The first-order valence-electron chi connectivity index (χ1n) is 8.27. The average molecular weight is 332 g/mol. The number of aryl methyl sites for hydroxylation is 1. The molecule has 0 aliphatic carbocycles. The molecule has 23 heavy (non-hydrogen) atoms. The molecule has 5 nitrogen and oxygen atoms in total. The molecule has 0 bridgehead atoms. The molecule has 0 unspecified atom stereocenters. The third-order valence-electron chi connectivity index (χ3n) is 4.29. The molecule has 1 aliphatic rings. The number of amides is 1. The number of fused-ring (bicyclic) bond motifs is 1. The average Bonchev–Trinajstić information content (AvgIpc) is 2.98. The molecule has 1 aromatic carbocycles. The number of carbonyl (C=O) groups is 1. The van der Waals surface area contributed by atoms with Gasteiger partial charge in [-0.25, -0.2) is 4.98 Å². The van der Waals surface area contributed by atoms with Crippen LogP contribution in [-0.2, 0) is 11.2 Å². The summed E-state index contributed by atoms with van der Waals surface area (Å²) in [6.07, 6.45) is 1.07. The smallest absolute Gasteiger partial charge is 0.216 e. The zero-order chi connectivity index (χ0) is 16.2. The van der Waals surface area contributed by atoms with E-state index in [4.69, 9.17) is 4.98 Å². The summed E-state index contributed by atoms with van der Waals surface area (Å²) in [5.74, 6) is 0.0459. The largest absolute Gasteiger partial charge is 0.355 e. The minimum absolute atomic E-state index is 0.0459. The molecule has 2 heterocycles. The second kappa shape index (κ2) is 7.27. The maximum atomic E-state index is 10.9. The molecule has 1 aliphatic heterocycles. The fourth-order valence-corrected chi connectivity index (χ4v) is 3.95. The number of carbonyl (C=O) groups excluding carboxylic acids is 1. The van der Waals surface area contributed by atoms with Crippen LogP contribution in [-0.4, -0.2) is 55.1 Å². The van der Waals surface area contributed by atoms with Gasteiger partial charge in [0.05, 0.1) is 10.2 Å². The van der Waals surface area contributed by atoms with Crippen LogP contribution in [0.5, 0.6) is 0 Å².